The molecule has 0 bridgehead atoms. The van der Waals surface area contributed by atoms with Crippen LogP contribution in [0.4, 0.5) is 0 Å². The molecular weight excluding hydrogens is 706 g/mol. The summed E-state index contributed by atoms with van der Waals surface area (Å²) < 4.78 is 34.0. The van der Waals surface area contributed by atoms with Crippen LogP contribution in [0.2, 0.25) is 0 Å². The average molecular weight is 760 g/mol. The van der Waals surface area contributed by atoms with E-state index in [0.29, 0.717) is 19.4 Å². The summed E-state index contributed by atoms with van der Waals surface area (Å²) in [5.74, 6) is -6.15. The molecule has 3 aliphatic heterocycles. The minimum atomic E-state index is -2.84. The third kappa shape index (κ3) is 10.7. The molecule has 0 radical (unpaired) electrons. The van der Waals surface area contributed by atoms with Crippen LogP contribution in [0.5, 0.6) is 0 Å². The number of aliphatic carboxylic acids is 1. The van der Waals surface area contributed by atoms with Crippen LogP contribution in [0.15, 0.2) is 0 Å². The van der Waals surface area contributed by atoms with Gasteiger partial charge in [0.05, 0.1) is 32.0 Å². The predicted octanol–water partition coefficient (Wildman–Crippen LogP) is -6.93. The first-order valence-electron chi connectivity index (χ1n) is 16.9. The van der Waals surface area contributed by atoms with Gasteiger partial charge in [-0.05, 0) is 25.8 Å². The molecule has 3 fully saturated rings. The van der Waals surface area contributed by atoms with E-state index < -0.39 is 142 Å². The summed E-state index contributed by atoms with van der Waals surface area (Å²) >= 11 is 0. The number of ether oxygens (including phenoxy) is 6. The lowest BCUT2D eigenvalue weighted by molar-refractivity contribution is -0.356. The third-order valence-corrected chi connectivity index (χ3v) is 8.98. The van der Waals surface area contributed by atoms with Gasteiger partial charge >= 0.3 is 5.97 Å². The van der Waals surface area contributed by atoms with Crippen molar-refractivity contribution in [2.24, 2.45) is 5.73 Å². The van der Waals surface area contributed by atoms with E-state index in [1.165, 1.54) is 0 Å². The summed E-state index contributed by atoms with van der Waals surface area (Å²) in [5.41, 5.74) is 5.50. The van der Waals surface area contributed by atoms with Crippen LogP contribution in [-0.4, -0.2) is 199 Å². The highest BCUT2D eigenvalue weighted by molar-refractivity contribution is 5.76. The third-order valence-electron chi connectivity index (χ3n) is 8.98. The molecule has 22 heteroatoms. The van der Waals surface area contributed by atoms with Crippen molar-refractivity contribution < 1.29 is 93.9 Å². The van der Waals surface area contributed by atoms with Crippen LogP contribution in [0, 0.1) is 0 Å². The Kier molecular flexibility index (Phi) is 16.9. The smallest absolute Gasteiger partial charge is 0.364 e. The summed E-state index contributed by atoms with van der Waals surface area (Å²) in [4.78, 5) is 36.5. The molecule has 16 atom stereocenters. The first kappa shape index (κ1) is 44.2. The fourth-order valence-electron chi connectivity index (χ4n) is 6.20. The number of rotatable bonds is 18. The number of carboxylic acid groups (broad SMARTS) is 1. The predicted molar refractivity (Wildman–Crippen MR) is 168 cm³/mol. The molecule has 0 saturated carbocycles. The van der Waals surface area contributed by atoms with Crippen molar-refractivity contribution in [2.45, 2.75) is 137 Å². The largest absolute Gasteiger partial charge is 0.477 e. The van der Waals surface area contributed by atoms with Gasteiger partial charge in [0, 0.05) is 26.9 Å². The molecule has 302 valence electrons. The van der Waals surface area contributed by atoms with Crippen LogP contribution in [-0.2, 0) is 42.8 Å². The number of aliphatic hydroxyl groups excluding tert-OH is 9. The maximum atomic E-state index is 12.6. The minimum absolute atomic E-state index is 0.103. The zero-order chi connectivity index (χ0) is 38.9. The maximum Gasteiger partial charge on any atom is 0.364 e. The number of unbranched alkanes of at least 4 members (excludes halogenated alkanes) is 2. The Hall–Kier alpha value is -2.23. The molecule has 0 aliphatic carbocycles. The molecule has 0 spiro atoms. The van der Waals surface area contributed by atoms with Gasteiger partial charge in [0.1, 0.15) is 67.1 Å². The molecule has 0 aromatic heterocycles. The van der Waals surface area contributed by atoms with Gasteiger partial charge in [-0.2, -0.15) is 0 Å². The summed E-state index contributed by atoms with van der Waals surface area (Å²) in [7, 11) is 0. The van der Waals surface area contributed by atoms with Crippen LogP contribution in [0.1, 0.15) is 39.5 Å². The standard InChI is InChI=1S/C30H53N3O19/c1-12(36)32-18-14(38)8-30(29(45)46,52-25(18)20(40)15(39)9-34)48-11-17-21(41)23(43)19(33-13(2)37)27(50-17)51-26-22(42)16(10-35)49-28(24(26)44)47-7-5-3-4-6-31/h14-28,34-35,38-44H,3-11,31H2,1-2H3,(H,32,36)(H,33,37)(H,45,46)/t14-,15-,16?,17?,18?,19+,20-,21-,22+,23?,24+,25?,26?,27+,28-,30-/m1/s1. The lowest BCUT2D eigenvalue weighted by atomic mass is 9.88. The van der Waals surface area contributed by atoms with E-state index in [1.54, 1.807) is 0 Å². The Balaban J connectivity index is 1.87. The maximum absolute atomic E-state index is 12.6. The van der Waals surface area contributed by atoms with E-state index in [0.717, 1.165) is 20.3 Å². The van der Waals surface area contributed by atoms with Gasteiger partial charge in [0.2, 0.25) is 11.8 Å². The Labute approximate surface area is 298 Å². The number of nitrogens with two attached hydrogens (primary N) is 1. The van der Waals surface area contributed by atoms with Crippen LogP contribution in [0.3, 0.4) is 0 Å². The molecule has 52 heavy (non-hydrogen) atoms. The number of hydrogen-bond donors (Lipinski definition) is 13. The lowest BCUT2D eigenvalue weighted by Crippen LogP contribution is -2.69. The number of carboxylic acids is 1. The van der Waals surface area contributed by atoms with E-state index in [4.69, 9.17) is 34.2 Å². The van der Waals surface area contributed by atoms with Gasteiger partial charge in [-0.25, -0.2) is 4.79 Å². The zero-order valence-corrected chi connectivity index (χ0v) is 28.7. The molecule has 2 amide bonds. The van der Waals surface area contributed by atoms with Crippen molar-refractivity contribution >= 4 is 17.8 Å². The fourth-order valence-corrected chi connectivity index (χ4v) is 6.20. The first-order valence-corrected chi connectivity index (χ1v) is 16.9. The Morgan fingerprint density at radius 3 is 2.08 bits per heavy atom. The molecule has 3 aliphatic rings. The molecule has 0 aromatic rings. The Morgan fingerprint density at radius 2 is 1.50 bits per heavy atom. The van der Waals surface area contributed by atoms with Crippen molar-refractivity contribution in [3.63, 3.8) is 0 Å². The van der Waals surface area contributed by atoms with Gasteiger partial charge in [-0.1, -0.05) is 0 Å². The zero-order valence-electron chi connectivity index (χ0n) is 28.7. The van der Waals surface area contributed by atoms with Gasteiger partial charge in [0.25, 0.3) is 5.79 Å². The normalized spacial score (nSPS) is 39.3. The molecule has 0 aromatic carbocycles. The van der Waals surface area contributed by atoms with Gasteiger partial charge in [-0.3, -0.25) is 9.59 Å². The van der Waals surface area contributed by atoms with Gasteiger partial charge in [-0.15, -0.1) is 0 Å². The number of carbonyl (C=O) groups is 3. The van der Waals surface area contributed by atoms with Crippen molar-refractivity contribution in [3.05, 3.63) is 0 Å². The highest BCUT2D eigenvalue weighted by Crippen LogP contribution is 2.35. The molecule has 22 nitrogen and oxygen atoms in total. The van der Waals surface area contributed by atoms with Crippen molar-refractivity contribution in [1.82, 2.24) is 10.6 Å². The highest BCUT2D eigenvalue weighted by Gasteiger charge is 2.57. The second kappa shape index (κ2) is 19.9. The molecule has 3 heterocycles. The Morgan fingerprint density at radius 1 is 0.865 bits per heavy atom. The molecule has 14 N–H and O–H groups in total. The molecule has 6 unspecified atom stereocenters. The summed E-state index contributed by atoms with van der Waals surface area (Å²) in [6.07, 6.45) is -21.8. The first-order chi connectivity index (χ1) is 24.5. The number of amides is 2. The van der Waals surface area contributed by atoms with Crippen LogP contribution in [0.25, 0.3) is 0 Å². The quantitative estimate of drug-likeness (QED) is 0.0577. The second-order valence-corrected chi connectivity index (χ2v) is 13.0. The second-order valence-electron chi connectivity index (χ2n) is 13.0. The van der Waals surface area contributed by atoms with E-state index in [2.05, 4.69) is 10.6 Å². The fraction of sp³-hybridized carbons (Fsp3) is 0.900. The molecule has 3 saturated heterocycles. The average Bonchev–Trinajstić information content (AvgIpc) is 3.09. The number of aliphatic hydroxyl groups is 9. The van der Waals surface area contributed by atoms with Crippen molar-refractivity contribution in [3.8, 4) is 0 Å². The van der Waals surface area contributed by atoms with Crippen molar-refractivity contribution in [1.29, 1.82) is 0 Å². The van der Waals surface area contributed by atoms with E-state index >= 15 is 0 Å². The van der Waals surface area contributed by atoms with E-state index in [9.17, 15) is 65.4 Å². The van der Waals surface area contributed by atoms with Gasteiger partial charge in [0.15, 0.2) is 12.6 Å². The summed E-state index contributed by atoms with van der Waals surface area (Å²) in [5, 5.41) is 110. The molecular formula is C30H53N3O19. The number of carbonyl (C=O) groups excluding carboxylic acids is 2. The summed E-state index contributed by atoms with van der Waals surface area (Å²) in [6.45, 7) is 0.00151. The van der Waals surface area contributed by atoms with E-state index in [1.807, 2.05) is 0 Å². The van der Waals surface area contributed by atoms with Gasteiger partial charge < -0.3 is 95.9 Å². The number of nitrogens with one attached hydrogen (secondary N) is 2. The minimum Gasteiger partial charge on any atom is -0.477 e. The topological polar surface area (TPSA) is 359 Å². The SMILES string of the molecule is CC(=O)NC1C([C@H](O)[C@H](O)CO)O[C@@](OCC2O[C@@H](OC3[C@@H](O)C(CO)O[C@@H](OCCCCCN)[C@H]3O)[C@@H](NC(C)=O)C(O)[C@@H]2O)(C(=O)O)C[C@H]1O. The van der Waals surface area contributed by atoms with Crippen molar-refractivity contribution in [2.75, 3.05) is 33.0 Å². The Bertz CT molecular complexity index is 1160. The van der Waals surface area contributed by atoms with Crippen LogP contribution >= 0.6 is 0 Å². The lowest BCUT2D eigenvalue weighted by Gasteiger charge is -2.48. The van der Waals surface area contributed by atoms with E-state index in [-0.39, 0.29) is 6.61 Å². The highest BCUT2D eigenvalue weighted by atomic mass is 16.8. The monoisotopic (exact) mass is 759 g/mol. The summed E-state index contributed by atoms with van der Waals surface area (Å²) in [6, 6.07) is -3.05. The number of hydrogen-bond acceptors (Lipinski definition) is 19. The molecule has 3 rings (SSSR count). The van der Waals surface area contributed by atoms with Crippen LogP contribution < -0.4 is 16.4 Å².